The van der Waals surface area contributed by atoms with Crippen LogP contribution in [0.1, 0.15) is 33.3 Å². The third-order valence-electron chi connectivity index (χ3n) is 3.41. The maximum absolute atomic E-state index is 12.5. The van der Waals surface area contributed by atoms with E-state index < -0.39 is 17.4 Å². The minimum absolute atomic E-state index is 0.00466. The fourth-order valence-corrected chi connectivity index (χ4v) is 2.23. The van der Waals surface area contributed by atoms with Gasteiger partial charge in [0, 0.05) is 12.7 Å². The molecule has 1 aromatic carbocycles. The maximum Gasteiger partial charge on any atom is 0.356 e. The Morgan fingerprint density at radius 3 is 2.42 bits per heavy atom. The number of carboxylic acids is 1. The lowest BCUT2D eigenvalue weighted by molar-refractivity contribution is 0.0592. The molecule has 24 heavy (non-hydrogen) atoms. The summed E-state index contributed by atoms with van der Waals surface area (Å²) in [6.07, 6.45) is 1.17. The van der Waals surface area contributed by atoms with Gasteiger partial charge in [0.15, 0.2) is 11.4 Å². The number of carbonyl (C=O) groups excluding carboxylic acids is 1. The number of aryl methyl sites for hydroxylation is 1. The van der Waals surface area contributed by atoms with Gasteiger partial charge in [-0.15, -0.1) is 0 Å². The van der Waals surface area contributed by atoms with E-state index in [0.717, 1.165) is 12.7 Å². The molecule has 1 heterocycles. The first kappa shape index (κ1) is 17.3. The summed E-state index contributed by atoms with van der Waals surface area (Å²) in [7, 11) is 1.15. The van der Waals surface area contributed by atoms with Crippen molar-refractivity contribution in [2.75, 3.05) is 7.11 Å². The molecule has 2 rings (SSSR count). The Hall–Kier alpha value is -3.09. The van der Waals surface area contributed by atoms with Gasteiger partial charge in [0.1, 0.15) is 12.2 Å². The van der Waals surface area contributed by atoms with Crippen molar-refractivity contribution in [2.24, 2.45) is 0 Å². The normalized spacial score (nSPS) is 10.2. The number of carboxylic acid groups (broad SMARTS) is 1. The van der Waals surface area contributed by atoms with E-state index in [2.05, 4.69) is 4.74 Å². The topological polar surface area (TPSA) is 94.8 Å². The predicted octanol–water partition coefficient (Wildman–Crippen LogP) is 1.93. The summed E-state index contributed by atoms with van der Waals surface area (Å²) < 4.78 is 11.3. The number of methoxy groups -OCH3 is 1. The molecular weight excluding hydrogens is 314 g/mol. The molecule has 0 saturated heterocycles. The SMILES string of the molecule is CCn1cc(C(=O)OC)c(=O)c(OCc2ccccc2)c1C(=O)O. The first-order chi connectivity index (χ1) is 11.5. The number of aromatic nitrogens is 1. The van der Waals surface area contributed by atoms with Gasteiger partial charge in [0.2, 0.25) is 5.43 Å². The van der Waals surface area contributed by atoms with Gasteiger partial charge < -0.3 is 19.1 Å². The molecule has 2 aromatic rings. The Kier molecular flexibility index (Phi) is 5.36. The van der Waals surface area contributed by atoms with E-state index in [1.54, 1.807) is 31.2 Å². The van der Waals surface area contributed by atoms with Crippen LogP contribution in [0.3, 0.4) is 0 Å². The molecule has 7 nitrogen and oxygen atoms in total. The molecule has 0 radical (unpaired) electrons. The lowest BCUT2D eigenvalue weighted by Crippen LogP contribution is -2.26. The highest BCUT2D eigenvalue weighted by Crippen LogP contribution is 2.18. The Bertz CT molecular complexity index is 810. The standard InChI is InChI=1S/C17H17NO6/c1-3-18-9-12(17(22)23-2)14(19)15(13(18)16(20)21)24-10-11-7-5-4-6-8-11/h4-9H,3,10H2,1-2H3,(H,20,21). The Labute approximate surface area is 138 Å². The maximum atomic E-state index is 12.5. The van der Waals surface area contributed by atoms with Crippen molar-refractivity contribution in [3.05, 3.63) is 63.6 Å². The first-order valence-electron chi connectivity index (χ1n) is 7.25. The van der Waals surface area contributed by atoms with E-state index in [4.69, 9.17) is 4.74 Å². The number of rotatable bonds is 6. The summed E-state index contributed by atoms with van der Waals surface area (Å²) in [5.74, 6) is -2.53. The second-order valence-corrected chi connectivity index (χ2v) is 4.91. The lowest BCUT2D eigenvalue weighted by atomic mass is 10.2. The number of hydrogen-bond acceptors (Lipinski definition) is 5. The second-order valence-electron chi connectivity index (χ2n) is 4.91. The van der Waals surface area contributed by atoms with Gasteiger partial charge in [-0.3, -0.25) is 4.79 Å². The molecule has 1 N–H and O–H groups in total. The van der Waals surface area contributed by atoms with Crippen LogP contribution in [0, 0.1) is 0 Å². The van der Waals surface area contributed by atoms with E-state index >= 15 is 0 Å². The molecule has 0 atom stereocenters. The number of nitrogens with zero attached hydrogens (tertiary/aromatic N) is 1. The molecular formula is C17H17NO6. The van der Waals surface area contributed by atoms with E-state index in [1.165, 1.54) is 10.8 Å². The highest BCUT2D eigenvalue weighted by molar-refractivity contribution is 5.93. The smallest absolute Gasteiger partial charge is 0.356 e. The van der Waals surface area contributed by atoms with Crippen LogP contribution in [0.4, 0.5) is 0 Å². The van der Waals surface area contributed by atoms with Crippen LogP contribution in [0.2, 0.25) is 0 Å². The predicted molar refractivity (Wildman–Crippen MR) is 85.4 cm³/mol. The molecule has 126 valence electrons. The lowest BCUT2D eigenvalue weighted by Gasteiger charge is -2.15. The van der Waals surface area contributed by atoms with E-state index in [1.807, 2.05) is 6.07 Å². The molecule has 0 amide bonds. The summed E-state index contributed by atoms with van der Waals surface area (Å²) in [4.78, 5) is 35.8. The van der Waals surface area contributed by atoms with Crippen molar-refractivity contribution < 1.29 is 24.2 Å². The zero-order valence-corrected chi connectivity index (χ0v) is 13.3. The molecule has 0 unspecified atom stereocenters. The summed E-state index contributed by atoms with van der Waals surface area (Å²) >= 11 is 0. The molecule has 0 aliphatic rings. The second kappa shape index (κ2) is 7.45. The largest absolute Gasteiger partial charge is 0.482 e. The highest BCUT2D eigenvalue weighted by Gasteiger charge is 2.25. The molecule has 1 aromatic heterocycles. The molecule has 0 aliphatic carbocycles. The zero-order chi connectivity index (χ0) is 17.7. The van der Waals surface area contributed by atoms with Crippen molar-refractivity contribution in [2.45, 2.75) is 20.1 Å². The number of hydrogen-bond donors (Lipinski definition) is 1. The number of esters is 1. The van der Waals surface area contributed by atoms with Gasteiger partial charge in [-0.2, -0.15) is 0 Å². The van der Waals surface area contributed by atoms with Crippen LogP contribution in [0.15, 0.2) is 41.3 Å². The number of ether oxygens (including phenoxy) is 2. The highest BCUT2D eigenvalue weighted by atomic mass is 16.5. The van der Waals surface area contributed by atoms with Crippen LogP contribution in [-0.4, -0.2) is 28.7 Å². The van der Waals surface area contributed by atoms with Crippen LogP contribution >= 0.6 is 0 Å². The minimum atomic E-state index is -1.31. The molecule has 7 heteroatoms. The summed E-state index contributed by atoms with van der Waals surface area (Å²) in [6.45, 7) is 1.94. The third kappa shape index (κ3) is 3.45. The number of carbonyl (C=O) groups is 2. The number of pyridine rings is 1. The van der Waals surface area contributed by atoms with Gasteiger partial charge in [-0.25, -0.2) is 9.59 Å². The quantitative estimate of drug-likeness (QED) is 0.813. The summed E-state index contributed by atoms with van der Waals surface area (Å²) in [5, 5.41) is 9.43. The van der Waals surface area contributed by atoms with E-state index in [0.29, 0.717) is 0 Å². The van der Waals surface area contributed by atoms with E-state index in [9.17, 15) is 19.5 Å². The van der Waals surface area contributed by atoms with E-state index in [-0.39, 0.29) is 30.2 Å². The van der Waals surface area contributed by atoms with Crippen LogP contribution < -0.4 is 10.2 Å². The van der Waals surface area contributed by atoms with Gasteiger partial charge >= 0.3 is 11.9 Å². The zero-order valence-electron chi connectivity index (χ0n) is 13.3. The molecule has 0 spiro atoms. The van der Waals surface area contributed by atoms with Crippen molar-refractivity contribution in [3.8, 4) is 5.75 Å². The summed E-state index contributed by atoms with van der Waals surface area (Å²) in [5.41, 5.74) is -0.613. The van der Waals surface area contributed by atoms with Crippen LogP contribution in [-0.2, 0) is 17.9 Å². The Morgan fingerprint density at radius 2 is 1.88 bits per heavy atom. The van der Waals surface area contributed by atoms with Crippen molar-refractivity contribution in [1.82, 2.24) is 4.57 Å². The van der Waals surface area contributed by atoms with Crippen LogP contribution in [0.5, 0.6) is 5.75 Å². The molecule has 0 saturated carbocycles. The fraction of sp³-hybridized carbons (Fsp3) is 0.235. The average Bonchev–Trinajstić information content (AvgIpc) is 2.60. The average molecular weight is 331 g/mol. The van der Waals surface area contributed by atoms with Gasteiger partial charge in [-0.1, -0.05) is 30.3 Å². The Balaban J connectivity index is 2.55. The summed E-state index contributed by atoms with van der Waals surface area (Å²) in [6, 6.07) is 8.98. The molecule has 0 bridgehead atoms. The fourth-order valence-electron chi connectivity index (χ4n) is 2.23. The number of aromatic carboxylic acids is 1. The van der Waals surface area contributed by atoms with Crippen molar-refractivity contribution >= 4 is 11.9 Å². The molecule has 0 fully saturated rings. The van der Waals surface area contributed by atoms with Gasteiger partial charge in [0.05, 0.1) is 7.11 Å². The first-order valence-corrected chi connectivity index (χ1v) is 7.25. The Morgan fingerprint density at radius 1 is 1.21 bits per heavy atom. The van der Waals surface area contributed by atoms with Crippen LogP contribution in [0.25, 0.3) is 0 Å². The number of benzene rings is 1. The minimum Gasteiger partial charge on any atom is -0.482 e. The monoisotopic (exact) mass is 331 g/mol. The van der Waals surface area contributed by atoms with Crippen molar-refractivity contribution in [3.63, 3.8) is 0 Å². The molecule has 0 aliphatic heterocycles. The van der Waals surface area contributed by atoms with Gasteiger partial charge in [0.25, 0.3) is 0 Å². The van der Waals surface area contributed by atoms with Gasteiger partial charge in [-0.05, 0) is 12.5 Å². The van der Waals surface area contributed by atoms with Crippen molar-refractivity contribution in [1.29, 1.82) is 0 Å². The third-order valence-corrected chi connectivity index (χ3v) is 3.41.